The Balaban J connectivity index is 1.73. The molecule has 186 valence electrons. The van der Waals surface area contributed by atoms with Crippen LogP contribution < -0.4 is 14.8 Å². The Labute approximate surface area is 203 Å². The summed E-state index contributed by atoms with van der Waals surface area (Å²) < 4.78 is 55.1. The maximum Gasteiger partial charge on any atom is 0.416 e. The highest BCUT2D eigenvalue weighted by atomic mass is 32.1. The number of ether oxygens (including phenoxy) is 3. The maximum atomic E-state index is 12.9. The van der Waals surface area contributed by atoms with Gasteiger partial charge < -0.3 is 24.4 Å². The predicted octanol–water partition coefficient (Wildman–Crippen LogP) is 4.64. The highest BCUT2D eigenvalue weighted by Crippen LogP contribution is 2.32. The third kappa shape index (κ3) is 7.22. The van der Waals surface area contributed by atoms with Crippen molar-refractivity contribution < 1.29 is 27.4 Å². The number of rotatable bonds is 9. The normalized spacial score (nSPS) is 14.5. The first-order chi connectivity index (χ1) is 16.3. The molecular formula is C24H30F3N3O3S. The van der Waals surface area contributed by atoms with E-state index in [9.17, 15) is 13.2 Å². The Kier molecular flexibility index (Phi) is 9.37. The summed E-state index contributed by atoms with van der Waals surface area (Å²) in [7, 11) is 3.17. The van der Waals surface area contributed by atoms with Crippen LogP contribution in [0.25, 0.3) is 0 Å². The first-order valence-corrected chi connectivity index (χ1v) is 11.5. The number of thiocarbonyl (C=S) groups is 1. The average molecular weight is 498 g/mol. The van der Waals surface area contributed by atoms with Gasteiger partial charge in [0.15, 0.2) is 16.6 Å². The van der Waals surface area contributed by atoms with Gasteiger partial charge in [0, 0.05) is 44.0 Å². The van der Waals surface area contributed by atoms with Crippen LogP contribution in [0.2, 0.25) is 0 Å². The van der Waals surface area contributed by atoms with Crippen molar-refractivity contribution in [3.05, 3.63) is 53.6 Å². The van der Waals surface area contributed by atoms with Crippen molar-refractivity contribution in [1.29, 1.82) is 0 Å². The van der Waals surface area contributed by atoms with Gasteiger partial charge in [0.1, 0.15) is 0 Å². The summed E-state index contributed by atoms with van der Waals surface area (Å²) in [4.78, 5) is 4.34. The lowest BCUT2D eigenvalue weighted by Gasteiger charge is -2.30. The fraction of sp³-hybridized carbons (Fsp3) is 0.458. The first kappa shape index (κ1) is 26.1. The number of para-hydroxylation sites is 1. The zero-order valence-corrected chi connectivity index (χ0v) is 20.2. The highest BCUT2D eigenvalue weighted by Gasteiger charge is 2.30. The number of benzene rings is 2. The number of nitrogens with zero attached hydrogens (tertiary/aromatic N) is 2. The lowest BCUT2D eigenvalue weighted by atomic mass is 10.1. The molecule has 0 spiro atoms. The molecule has 1 heterocycles. The molecule has 1 N–H and O–H groups in total. The zero-order valence-electron chi connectivity index (χ0n) is 19.4. The number of nitrogens with one attached hydrogen (secondary N) is 1. The minimum absolute atomic E-state index is 0.423. The van der Waals surface area contributed by atoms with Gasteiger partial charge in [-0.05, 0) is 49.0 Å². The topological polar surface area (TPSA) is 46.2 Å². The molecular weight excluding hydrogens is 467 g/mol. The molecule has 0 atom stereocenters. The van der Waals surface area contributed by atoms with Crippen molar-refractivity contribution in [3.8, 4) is 11.5 Å². The molecule has 10 heteroatoms. The highest BCUT2D eigenvalue weighted by molar-refractivity contribution is 7.80. The third-order valence-electron chi connectivity index (χ3n) is 5.60. The molecule has 1 saturated heterocycles. The molecule has 0 bridgehead atoms. The first-order valence-electron chi connectivity index (χ1n) is 11.0. The van der Waals surface area contributed by atoms with Gasteiger partial charge in [-0.25, -0.2) is 0 Å². The van der Waals surface area contributed by atoms with E-state index in [1.54, 1.807) is 14.2 Å². The van der Waals surface area contributed by atoms with Crippen molar-refractivity contribution >= 4 is 23.0 Å². The van der Waals surface area contributed by atoms with Gasteiger partial charge in [-0.15, -0.1) is 0 Å². The van der Waals surface area contributed by atoms with Crippen LogP contribution in [0, 0.1) is 0 Å². The van der Waals surface area contributed by atoms with Gasteiger partial charge in [0.25, 0.3) is 0 Å². The lowest BCUT2D eigenvalue weighted by Crippen LogP contribution is -2.40. The Morgan fingerprint density at radius 1 is 1.09 bits per heavy atom. The van der Waals surface area contributed by atoms with E-state index in [0.717, 1.165) is 57.0 Å². The maximum absolute atomic E-state index is 12.9. The van der Waals surface area contributed by atoms with Crippen molar-refractivity contribution in [2.75, 3.05) is 58.9 Å². The van der Waals surface area contributed by atoms with Crippen molar-refractivity contribution in [1.82, 2.24) is 9.80 Å². The molecule has 6 nitrogen and oxygen atoms in total. The summed E-state index contributed by atoms with van der Waals surface area (Å²) >= 11 is 5.66. The zero-order chi connectivity index (χ0) is 24.6. The van der Waals surface area contributed by atoms with E-state index in [1.165, 1.54) is 12.1 Å². The second-order valence-corrected chi connectivity index (χ2v) is 8.27. The minimum Gasteiger partial charge on any atom is -0.493 e. The van der Waals surface area contributed by atoms with Crippen LogP contribution in [0.4, 0.5) is 18.9 Å². The second-order valence-electron chi connectivity index (χ2n) is 7.89. The fourth-order valence-electron chi connectivity index (χ4n) is 3.79. The van der Waals surface area contributed by atoms with Gasteiger partial charge in [-0.2, -0.15) is 13.2 Å². The molecule has 2 aromatic carbocycles. The quantitative estimate of drug-likeness (QED) is 0.507. The lowest BCUT2D eigenvalue weighted by molar-refractivity contribution is -0.137. The van der Waals surface area contributed by atoms with Crippen molar-refractivity contribution in [2.24, 2.45) is 0 Å². The predicted molar refractivity (Wildman–Crippen MR) is 129 cm³/mol. The van der Waals surface area contributed by atoms with Gasteiger partial charge in [-0.3, -0.25) is 4.90 Å². The van der Waals surface area contributed by atoms with E-state index >= 15 is 0 Å². The molecule has 1 aliphatic rings. The number of halogens is 3. The monoisotopic (exact) mass is 497 g/mol. The average Bonchev–Trinajstić information content (AvgIpc) is 2.83. The number of anilines is 1. The molecule has 0 amide bonds. The largest absolute Gasteiger partial charge is 0.493 e. The molecule has 0 radical (unpaired) electrons. The standard InChI is InChI=1S/C24H30F3N3O3S/c1-31-21-6-3-5-18(22(21)32-2)17-30(12-4-11-29-13-15-33-16-14-29)23(34)28-20-9-7-19(8-10-20)24(25,26)27/h3,5-10H,4,11-17H2,1-2H3,(H,28,34). The summed E-state index contributed by atoms with van der Waals surface area (Å²) in [6.45, 7) is 5.28. The minimum atomic E-state index is -4.38. The Morgan fingerprint density at radius 2 is 1.79 bits per heavy atom. The van der Waals surface area contributed by atoms with Gasteiger partial charge in [-0.1, -0.05) is 12.1 Å². The Hall–Kier alpha value is -2.56. The van der Waals surface area contributed by atoms with Crippen molar-refractivity contribution in [2.45, 2.75) is 19.1 Å². The molecule has 2 aromatic rings. The number of morpholine rings is 1. The smallest absolute Gasteiger partial charge is 0.416 e. The van der Waals surface area contributed by atoms with Crippen LogP contribution in [0.1, 0.15) is 17.5 Å². The van der Waals surface area contributed by atoms with E-state index in [0.29, 0.717) is 35.4 Å². The Bertz CT molecular complexity index is 935. The van der Waals surface area contributed by atoms with Crippen molar-refractivity contribution in [3.63, 3.8) is 0 Å². The Morgan fingerprint density at radius 3 is 2.41 bits per heavy atom. The van der Waals surface area contributed by atoms with Crippen LogP contribution in [0.5, 0.6) is 11.5 Å². The van der Waals surface area contributed by atoms with Crippen LogP contribution in [-0.2, 0) is 17.5 Å². The summed E-state index contributed by atoms with van der Waals surface area (Å²) in [6.07, 6.45) is -3.52. The molecule has 0 aromatic heterocycles. The number of hydrogen-bond acceptors (Lipinski definition) is 5. The number of methoxy groups -OCH3 is 2. The number of alkyl halides is 3. The summed E-state index contributed by atoms with van der Waals surface area (Å²) in [5, 5.41) is 3.50. The molecule has 0 saturated carbocycles. The molecule has 1 fully saturated rings. The van der Waals surface area contributed by atoms with Crippen LogP contribution in [0.15, 0.2) is 42.5 Å². The van der Waals surface area contributed by atoms with E-state index in [4.69, 9.17) is 26.4 Å². The van der Waals surface area contributed by atoms with E-state index in [2.05, 4.69) is 10.2 Å². The number of hydrogen-bond donors (Lipinski definition) is 1. The molecule has 1 aliphatic heterocycles. The van der Waals surface area contributed by atoms with E-state index in [-0.39, 0.29) is 0 Å². The molecule has 0 aliphatic carbocycles. The molecule has 3 rings (SSSR count). The molecule has 0 unspecified atom stereocenters. The molecule has 34 heavy (non-hydrogen) atoms. The summed E-state index contributed by atoms with van der Waals surface area (Å²) in [5.41, 5.74) is 0.686. The SMILES string of the molecule is COc1cccc(CN(CCCN2CCOCC2)C(=S)Nc2ccc(C(F)(F)F)cc2)c1OC. The van der Waals surface area contributed by atoms with Gasteiger partial charge in [0.05, 0.1) is 33.0 Å². The summed E-state index contributed by atoms with van der Waals surface area (Å²) in [6, 6.07) is 10.5. The third-order valence-corrected chi connectivity index (χ3v) is 5.96. The fourth-order valence-corrected chi connectivity index (χ4v) is 4.06. The van der Waals surface area contributed by atoms with Crippen LogP contribution in [0.3, 0.4) is 0 Å². The second kappa shape index (κ2) is 12.2. The van der Waals surface area contributed by atoms with Crippen LogP contribution >= 0.6 is 12.2 Å². The van der Waals surface area contributed by atoms with Gasteiger partial charge >= 0.3 is 6.18 Å². The van der Waals surface area contributed by atoms with E-state index in [1.807, 2.05) is 23.1 Å². The van der Waals surface area contributed by atoms with E-state index < -0.39 is 11.7 Å². The summed E-state index contributed by atoms with van der Waals surface area (Å²) in [5.74, 6) is 1.25. The van der Waals surface area contributed by atoms with Crippen LogP contribution in [-0.4, -0.2) is 68.5 Å². The van der Waals surface area contributed by atoms with Gasteiger partial charge in [0.2, 0.25) is 0 Å².